The Labute approximate surface area is 133 Å². The van der Waals surface area contributed by atoms with Gasteiger partial charge >= 0.3 is 6.03 Å². The molecule has 1 aromatic carbocycles. The number of hydrogen-bond acceptors (Lipinski definition) is 1. The number of rotatable bonds is 3. The molecule has 1 fully saturated rings. The SMILES string of the molecule is C=C(C)c1cccc(C(C)(C)NC(=O)N2CC[NH+](C)CC2)c1. The Balaban J connectivity index is 2.08. The van der Waals surface area contributed by atoms with Gasteiger partial charge in [0.25, 0.3) is 0 Å². The Kier molecular flexibility index (Phi) is 4.91. The van der Waals surface area contributed by atoms with E-state index < -0.39 is 5.54 Å². The molecule has 0 radical (unpaired) electrons. The molecule has 0 atom stereocenters. The van der Waals surface area contributed by atoms with Gasteiger partial charge in [-0.1, -0.05) is 30.4 Å². The van der Waals surface area contributed by atoms with Gasteiger partial charge in [-0.2, -0.15) is 0 Å². The highest BCUT2D eigenvalue weighted by Gasteiger charge is 2.28. The molecule has 1 aromatic rings. The number of likely N-dealkylation sites (N-methyl/N-ethyl adjacent to an activating group) is 1. The summed E-state index contributed by atoms with van der Waals surface area (Å²) in [6, 6.07) is 8.26. The van der Waals surface area contributed by atoms with Gasteiger partial charge in [-0.05, 0) is 38.0 Å². The average molecular weight is 302 g/mol. The third-order valence-corrected chi connectivity index (χ3v) is 4.40. The molecule has 120 valence electrons. The van der Waals surface area contributed by atoms with Crippen LogP contribution in [0.2, 0.25) is 0 Å². The van der Waals surface area contributed by atoms with Crippen molar-refractivity contribution in [2.45, 2.75) is 26.3 Å². The van der Waals surface area contributed by atoms with Crippen LogP contribution in [0.15, 0.2) is 30.8 Å². The van der Waals surface area contributed by atoms with Crippen LogP contribution in [0.3, 0.4) is 0 Å². The van der Waals surface area contributed by atoms with E-state index in [0.717, 1.165) is 42.9 Å². The lowest BCUT2D eigenvalue weighted by molar-refractivity contribution is -0.883. The summed E-state index contributed by atoms with van der Waals surface area (Å²) in [4.78, 5) is 15.9. The summed E-state index contributed by atoms with van der Waals surface area (Å²) in [5, 5.41) is 3.17. The topological polar surface area (TPSA) is 36.8 Å². The molecule has 0 saturated carbocycles. The second-order valence-electron chi connectivity index (χ2n) is 6.86. The molecule has 22 heavy (non-hydrogen) atoms. The molecular weight excluding hydrogens is 274 g/mol. The first-order valence-electron chi connectivity index (χ1n) is 7.94. The normalized spacial score (nSPS) is 16.5. The molecule has 0 bridgehead atoms. The van der Waals surface area contributed by atoms with Gasteiger partial charge in [-0.15, -0.1) is 0 Å². The Bertz CT molecular complexity index is 557. The lowest BCUT2D eigenvalue weighted by atomic mass is 9.92. The first kappa shape index (κ1) is 16.6. The average Bonchev–Trinajstić information content (AvgIpc) is 2.47. The maximum atomic E-state index is 12.5. The molecule has 1 heterocycles. The lowest BCUT2D eigenvalue weighted by Crippen LogP contribution is -3.12. The second kappa shape index (κ2) is 6.53. The second-order valence-corrected chi connectivity index (χ2v) is 6.86. The van der Waals surface area contributed by atoms with Crippen LogP contribution in [0.1, 0.15) is 31.9 Å². The molecular formula is C18H28N3O+. The van der Waals surface area contributed by atoms with E-state index >= 15 is 0 Å². The van der Waals surface area contributed by atoms with E-state index in [9.17, 15) is 4.79 Å². The van der Waals surface area contributed by atoms with E-state index in [-0.39, 0.29) is 6.03 Å². The van der Waals surface area contributed by atoms with Crippen molar-refractivity contribution in [3.63, 3.8) is 0 Å². The van der Waals surface area contributed by atoms with Crippen LogP contribution in [-0.4, -0.2) is 44.2 Å². The molecule has 4 heteroatoms. The minimum atomic E-state index is -0.404. The van der Waals surface area contributed by atoms with Crippen LogP contribution >= 0.6 is 0 Å². The molecule has 0 aliphatic carbocycles. The number of urea groups is 1. The molecule has 2 rings (SSSR count). The summed E-state index contributed by atoms with van der Waals surface area (Å²) in [7, 11) is 2.17. The van der Waals surface area contributed by atoms with E-state index in [4.69, 9.17) is 0 Å². The molecule has 1 aliphatic rings. The van der Waals surface area contributed by atoms with Gasteiger partial charge in [-0.25, -0.2) is 4.79 Å². The van der Waals surface area contributed by atoms with Gasteiger partial charge < -0.3 is 15.1 Å². The van der Waals surface area contributed by atoms with Crippen molar-refractivity contribution in [2.24, 2.45) is 0 Å². The molecule has 4 nitrogen and oxygen atoms in total. The van der Waals surface area contributed by atoms with Crippen LogP contribution in [-0.2, 0) is 5.54 Å². The van der Waals surface area contributed by atoms with Crippen molar-refractivity contribution in [2.75, 3.05) is 33.2 Å². The van der Waals surface area contributed by atoms with Gasteiger partial charge in [0.05, 0.1) is 38.8 Å². The maximum Gasteiger partial charge on any atom is 0.318 e. The van der Waals surface area contributed by atoms with Gasteiger partial charge in [-0.3, -0.25) is 0 Å². The van der Waals surface area contributed by atoms with Gasteiger partial charge in [0, 0.05) is 0 Å². The molecule has 2 amide bonds. The summed E-state index contributed by atoms with van der Waals surface area (Å²) in [5.74, 6) is 0. The lowest BCUT2D eigenvalue weighted by Gasteiger charge is -2.34. The number of hydrogen-bond donors (Lipinski definition) is 2. The van der Waals surface area contributed by atoms with E-state index in [2.05, 4.69) is 31.1 Å². The summed E-state index contributed by atoms with van der Waals surface area (Å²) in [6.07, 6.45) is 0. The van der Waals surface area contributed by atoms with Crippen molar-refractivity contribution in [3.05, 3.63) is 42.0 Å². The molecule has 2 N–H and O–H groups in total. The molecule has 0 spiro atoms. The van der Waals surface area contributed by atoms with Gasteiger partial charge in [0.15, 0.2) is 0 Å². The third kappa shape index (κ3) is 3.89. The maximum absolute atomic E-state index is 12.5. The number of carbonyl (C=O) groups excluding carboxylic acids is 1. The fourth-order valence-electron chi connectivity index (χ4n) is 2.68. The highest BCUT2D eigenvalue weighted by atomic mass is 16.2. The van der Waals surface area contributed by atoms with Crippen molar-refractivity contribution in [1.29, 1.82) is 0 Å². The van der Waals surface area contributed by atoms with Crippen LogP contribution in [0.4, 0.5) is 4.79 Å². The number of benzene rings is 1. The largest absolute Gasteiger partial charge is 0.334 e. The molecule has 0 aromatic heterocycles. The predicted molar refractivity (Wildman–Crippen MR) is 90.9 cm³/mol. The fraction of sp³-hybridized carbons (Fsp3) is 0.500. The van der Waals surface area contributed by atoms with Gasteiger partial charge in [0.1, 0.15) is 0 Å². The van der Waals surface area contributed by atoms with Gasteiger partial charge in [0.2, 0.25) is 0 Å². The number of piperazine rings is 1. The van der Waals surface area contributed by atoms with Crippen molar-refractivity contribution in [1.82, 2.24) is 10.2 Å². The van der Waals surface area contributed by atoms with Crippen LogP contribution in [0.25, 0.3) is 5.57 Å². The quantitative estimate of drug-likeness (QED) is 0.872. The highest BCUT2D eigenvalue weighted by Crippen LogP contribution is 2.23. The molecule has 1 saturated heterocycles. The number of allylic oxidation sites excluding steroid dienone is 1. The smallest absolute Gasteiger partial charge is 0.318 e. The summed E-state index contributed by atoms with van der Waals surface area (Å²) in [6.45, 7) is 13.7. The van der Waals surface area contributed by atoms with E-state index in [0.29, 0.717) is 0 Å². The van der Waals surface area contributed by atoms with Crippen LogP contribution in [0, 0.1) is 0 Å². The minimum absolute atomic E-state index is 0.0261. The number of amides is 2. The summed E-state index contributed by atoms with van der Waals surface area (Å²) >= 11 is 0. The van der Waals surface area contributed by atoms with Crippen molar-refractivity contribution >= 4 is 11.6 Å². The van der Waals surface area contributed by atoms with Crippen molar-refractivity contribution < 1.29 is 9.69 Å². The Morgan fingerprint density at radius 1 is 1.32 bits per heavy atom. The summed E-state index contributed by atoms with van der Waals surface area (Å²) in [5.41, 5.74) is 2.84. The van der Waals surface area contributed by atoms with Crippen LogP contribution < -0.4 is 10.2 Å². The van der Waals surface area contributed by atoms with E-state index in [1.165, 1.54) is 4.90 Å². The monoisotopic (exact) mass is 302 g/mol. The first-order chi connectivity index (χ1) is 10.3. The Morgan fingerprint density at radius 3 is 2.55 bits per heavy atom. The Morgan fingerprint density at radius 2 is 1.95 bits per heavy atom. The molecule has 1 aliphatic heterocycles. The molecule has 0 unspecified atom stereocenters. The number of nitrogens with zero attached hydrogens (tertiary/aromatic N) is 1. The summed E-state index contributed by atoms with van der Waals surface area (Å²) < 4.78 is 0. The standard InChI is InChI=1S/C18H27N3O/c1-14(2)15-7-6-8-16(13-15)18(3,4)19-17(22)21-11-9-20(5)10-12-21/h6-8,13H,1,9-12H2,2-5H3,(H,19,22)/p+1. The zero-order chi connectivity index (χ0) is 16.3. The van der Waals surface area contributed by atoms with E-state index in [1.807, 2.05) is 37.8 Å². The van der Waals surface area contributed by atoms with E-state index in [1.54, 1.807) is 0 Å². The minimum Gasteiger partial charge on any atom is -0.334 e. The predicted octanol–water partition coefficient (Wildman–Crippen LogP) is 1.49. The Hall–Kier alpha value is -1.81. The van der Waals surface area contributed by atoms with Crippen molar-refractivity contribution in [3.8, 4) is 0 Å². The number of nitrogens with one attached hydrogen (secondary N) is 2. The van der Waals surface area contributed by atoms with Crippen LogP contribution in [0.5, 0.6) is 0 Å². The third-order valence-electron chi connectivity index (χ3n) is 4.40. The number of carbonyl (C=O) groups is 1. The zero-order valence-corrected chi connectivity index (χ0v) is 14.2. The first-order valence-corrected chi connectivity index (χ1v) is 7.94. The number of quaternary nitrogens is 1. The fourth-order valence-corrected chi connectivity index (χ4v) is 2.68. The highest BCUT2D eigenvalue weighted by molar-refractivity contribution is 5.75. The zero-order valence-electron chi connectivity index (χ0n) is 14.2.